The van der Waals surface area contributed by atoms with Gasteiger partial charge in [-0.1, -0.05) is 66.2 Å². The van der Waals surface area contributed by atoms with Gasteiger partial charge in [-0.05, 0) is 191 Å². The number of aryl methyl sites for hydroxylation is 1. The van der Waals surface area contributed by atoms with Crippen molar-refractivity contribution in [3.63, 3.8) is 0 Å². The molecule has 4 saturated heterocycles. The fourth-order valence-corrected chi connectivity index (χ4v) is 18.7. The van der Waals surface area contributed by atoms with Crippen LogP contribution in [0.5, 0.6) is 0 Å². The maximum atomic E-state index is 14.7. The summed E-state index contributed by atoms with van der Waals surface area (Å²) in [6.45, 7) is 9.50. The van der Waals surface area contributed by atoms with Crippen LogP contribution in [0.2, 0.25) is 0 Å². The highest BCUT2D eigenvalue weighted by Crippen LogP contribution is 2.52. The van der Waals surface area contributed by atoms with Gasteiger partial charge in [0.15, 0.2) is 0 Å². The van der Waals surface area contributed by atoms with Gasteiger partial charge in [0.05, 0.1) is 97.0 Å². The van der Waals surface area contributed by atoms with Gasteiger partial charge in [-0.3, -0.25) is 14.4 Å². The van der Waals surface area contributed by atoms with Gasteiger partial charge >= 0.3 is 24.3 Å². The number of piperidine rings is 4. The molecule has 8 aromatic carbocycles. The molecule has 8 aliphatic heterocycles. The zero-order valence-electron chi connectivity index (χ0n) is 67.0. The molecule has 8 N–H and O–H groups in total. The molecule has 4 atom stereocenters. The van der Waals surface area contributed by atoms with Crippen LogP contribution in [0.1, 0.15) is 134 Å². The standard InChI is InChI=1S/3C22H21FN4O.C22H22FN3.2C2HF3O2/c3*23-18-3-1-2-17-19-12-25-13-27(19)21(20(17)18)14-8-10-26(11-9-14)16-6-4-15(5-7-16)22(24)28;1-15-5-7-17(8-6-15)25-11-9-16(10-12-25)22-21-18(3-2-4-19(21)23)20-13-24-14-26(20)22;2*3-2(4,5)1(6)7/h3*1-7,12-14,21H,8-11H2,(H2,24,28);2-8,13-14,16,22H,9-12H2,1H3;2*(H,6,7). The number of halogens is 10. The van der Waals surface area contributed by atoms with Gasteiger partial charge in [0, 0.05) is 136 Å². The Balaban J connectivity index is 0.000000121. The monoisotopic (exact) mass is 1700 g/mol. The van der Waals surface area contributed by atoms with Crippen molar-refractivity contribution in [1.29, 1.82) is 0 Å². The molecule has 0 aliphatic carbocycles. The second-order valence-corrected chi connectivity index (χ2v) is 31.8. The number of carboxylic acid groups (broad SMARTS) is 2. The predicted molar refractivity (Wildman–Crippen MR) is 446 cm³/mol. The number of alkyl halides is 6. The van der Waals surface area contributed by atoms with Gasteiger partial charge in [0.1, 0.15) is 23.3 Å². The van der Waals surface area contributed by atoms with Crippen molar-refractivity contribution in [2.45, 2.75) is 94.8 Å². The zero-order valence-corrected chi connectivity index (χ0v) is 67.0. The lowest BCUT2D eigenvalue weighted by atomic mass is 9.85. The van der Waals surface area contributed by atoms with Crippen LogP contribution in [0.25, 0.3) is 45.0 Å². The summed E-state index contributed by atoms with van der Waals surface area (Å²) in [4.78, 5) is 78.1. The van der Waals surface area contributed by atoms with E-state index < -0.39 is 42.0 Å². The van der Waals surface area contributed by atoms with E-state index >= 15 is 0 Å². The van der Waals surface area contributed by atoms with Crippen LogP contribution in [0.4, 0.5) is 66.7 Å². The molecule has 12 heterocycles. The van der Waals surface area contributed by atoms with E-state index in [4.69, 9.17) is 37.0 Å². The predicted octanol–water partition coefficient (Wildman–Crippen LogP) is 16.9. The number of aromatic nitrogens is 8. The number of hydrogen-bond donors (Lipinski definition) is 5. The van der Waals surface area contributed by atoms with Crippen molar-refractivity contribution in [2.75, 3.05) is 72.0 Å². The fraction of sp³-hybridized carbons (Fsp3) is 0.293. The lowest BCUT2D eigenvalue weighted by Crippen LogP contribution is -2.36. The van der Waals surface area contributed by atoms with Crippen LogP contribution >= 0.6 is 0 Å². The number of carbonyl (C=O) groups excluding carboxylic acids is 3. The van der Waals surface area contributed by atoms with Crippen molar-refractivity contribution in [2.24, 2.45) is 40.9 Å². The molecule has 124 heavy (non-hydrogen) atoms. The first-order valence-electron chi connectivity index (χ1n) is 40.6. The molecule has 4 fully saturated rings. The SMILES string of the molecule is Cc1ccc(N2CCC(C3c4c(F)cccc4-c4cncn43)CC2)cc1.NC(=O)c1ccc(N2CCC(C3c4c(F)cccc4-c4cncn43)CC2)cc1.NC(=O)c1ccc(N2CCC(C3c4c(F)cccc4-c4cncn43)CC2)cc1.NC(=O)c1ccc(N2CCC(C3c4c(F)cccc4-c4cncn43)CC2)cc1.O=C(O)C(F)(F)F.O=C(O)C(F)(F)F. The van der Waals surface area contributed by atoms with Gasteiger partial charge in [-0.15, -0.1) is 0 Å². The van der Waals surface area contributed by atoms with Crippen LogP contribution in [0.15, 0.2) is 220 Å². The first-order chi connectivity index (χ1) is 59.5. The van der Waals surface area contributed by atoms with Crippen molar-refractivity contribution in [3.05, 3.63) is 288 Å². The van der Waals surface area contributed by atoms with Gasteiger partial charge in [-0.2, -0.15) is 26.3 Å². The van der Waals surface area contributed by atoms with Crippen LogP contribution in [-0.2, 0) is 9.59 Å². The third kappa shape index (κ3) is 17.6. The first kappa shape index (κ1) is 85.4. The average Bonchev–Trinajstić information content (AvgIpc) is 1.60. The Kier molecular flexibility index (Phi) is 24.7. The summed E-state index contributed by atoms with van der Waals surface area (Å²) < 4.78 is 131. The first-order valence-corrected chi connectivity index (χ1v) is 40.6. The number of imidazole rings is 4. The second-order valence-electron chi connectivity index (χ2n) is 31.8. The van der Waals surface area contributed by atoms with Crippen LogP contribution in [-0.4, -0.2) is 143 Å². The van der Waals surface area contributed by atoms with E-state index in [9.17, 15) is 58.3 Å². The van der Waals surface area contributed by atoms with Crippen molar-refractivity contribution >= 4 is 52.4 Å². The summed E-state index contributed by atoms with van der Waals surface area (Å²) in [5, 5.41) is 14.2. The van der Waals surface area contributed by atoms with E-state index in [-0.39, 0.29) is 47.4 Å². The Morgan fingerprint density at radius 3 is 0.702 bits per heavy atom. The molecular weight excluding hydrogens is 1620 g/mol. The third-order valence-electron chi connectivity index (χ3n) is 24.7. The summed E-state index contributed by atoms with van der Waals surface area (Å²) in [6.07, 6.45) is 12.4. The zero-order chi connectivity index (χ0) is 87.6. The van der Waals surface area contributed by atoms with E-state index in [0.717, 1.165) is 188 Å². The highest BCUT2D eigenvalue weighted by atomic mass is 19.4. The molecule has 0 spiro atoms. The number of aliphatic carboxylic acids is 2. The van der Waals surface area contributed by atoms with E-state index in [1.165, 1.54) is 11.3 Å². The topological polar surface area (TPSA) is 288 Å². The molecule has 3 amide bonds. The van der Waals surface area contributed by atoms with Gasteiger partial charge in [0.2, 0.25) is 17.7 Å². The molecular formula is C92H87F10N15O7. The third-order valence-corrected chi connectivity index (χ3v) is 24.7. The summed E-state index contributed by atoms with van der Waals surface area (Å²) in [7, 11) is 0. The highest BCUT2D eigenvalue weighted by Gasteiger charge is 2.44. The van der Waals surface area contributed by atoms with E-state index in [1.54, 1.807) is 84.9 Å². The van der Waals surface area contributed by atoms with E-state index in [1.807, 2.05) is 111 Å². The van der Waals surface area contributed by atoms with Gasteiger partial charge in [0.25, 0.3) is 0 Å². The van der Waals surface area contributed by atoms with Gasteiger partial charge < -0.3 is 65.3 Å². The van der Waals surface area contributed by atoms with E-state index in [0.29, 0.717) is 40.4 Å². The maximum Gasteiger partial charge on any atom is 0.490 e. The number of primary amides is 3. The number of amides is 3. The fourth-order valence-electron chi connectivity index (χ4n) is 18.7. The Labute approximate surface area is 705 Å². The minimum atomic E-state index is -5.08. The Morgan fingerprint density at radius 1 is 0.323 bits per heavy atom. The number of fused-ring (bicyclic) bond motifs is 12. The number of carbonyl (C=O) groups is 5. The summed E-state index contributed by atoms with van der Waals surface area (Å²) >= 11 is 0. The highest BCUT2D eigenvalue weighted by molar-refractivity contribution is 5.94. The molecule has 20 rings (SSSR count). The largest absolute Gasteiger partial charge is 0.490 e. The number of carboxylic acids is 2. The number of anilines is 4. The number of rotatable bonds is 11. The molecule has 4 unspecified atom stereocenters. The Morgan fingerprint density at radius 2 is 0.516 bits per heavy atom. The molecule has 0 radical (unpaired) electrons. The second kappa shape index (κ2) is 35.9. The number of hydrogen-bond acceptors (Lipinski definition) is 13. The smallest absolute Gasteiger partial charge is 0.475 e. The Bertz CT molecular complexity index is 5440. The maximum absolute atomic E-state index is 14.7. The summed E-state index contributed by atoms with van der Waals surface area (Å²) in [6, 6.07) is 52.5. The minimum Gasteiger partial charge on any atom is -0.475 e. The van der Waals surface area contributed by atoms with Gasteiger partial charge in [-0.25, -0.2) is 47.1 Å². The molecule has 0 saturated carbocycles. The lowest BCUT2D eigenvalue weighted by Gasteiger charge is -2.37. The molecule has 642 valence electrons. The lowest BCUT2D eigenvalue weighted by molar-refractivity contribution is -0.193. The minimum absolute atomic E-state index is 0.00749. The van der Waals surface area contributed by atoms with Crippen molar-refractivity contribution < 1.29 is 78.1 Å². The Hall–Kier alpha value is -13.6. The number of nitrogens with two attached hydrogens (primary N) is 3. The summed E-state index contributed by atoms with van der Waals surface area (Å²) in [5.74, 6) is -5.73. The quantitative estimate of drug-likeness (QED) is 0.0752. The average molecular weight is 1700 g/mol. The number of benzene rings is 8. The normalized spacial score (nSPS) is 18.1. The molecule has 22 nitrogen and oxygen atoms in total. The van der Waals surface area contributed by atoms with Crippen LogP contribution < -0.4 is 36.8 Å². The van der Waals surface area contributed by atoms with Crippen molar-refractivity contribution in [1.82, 2.24) is 38.2 Å². The number of nitrogens with zero attached hydrogens (tertiary/aromatic N) is 12. The van der Waals surface area contributed by atoms with Crippen molar-refractivity contribution in [3.8, 4) is 45.0 Å². The molecule has 8 aliphatic rings. The summed E-state index contributed by atoms with van der Waals surface area (Å²) in [5.41, 5.74) is 34.6. The van der Waals surface area contributed by atoms with Crippen LogP contribution in [0, 0.1) is 53.9 Å². The molecule has 4 aromatic heterocycles. The molecule has 32 heteroatoms. The van der Waals surface area contributed by atoms with E-state index in [2.05, 4.69) is 89.0 Å². The van der Waals surface area contributed by atoms with Crippen LogP contribution in [0.3, 0.4) is 0 Å². The molecule has 0 bridgehead atoms. The molecule has 12 aromatic rings.